The Kier molecular flexibility index (Phi) is 5.68. The van der Waals surface area contributed by atoms with Gasteiger partial charge in [0.15, 0.2) is 0 Å². The first-order valence-electron chi connectivity index (χ1n) is 5.61. The van der Waals surface area contributed by atoms with Crippen LogP contribution < -0.4 is 0 Å². The van der Waals surface area contributed by atoms with Crippen molar-refractivity contribution >= 4 is 0 Å². The molecule has 0 aliphatic rings. The van der Waals surface area contributed by atoms with Crippen molar-refractivity contribution < 1.29 is 0 Å². The van der Waals surface area contributed by atoms with Gasteiger partial charge in [0, 0.05) is 12.1 Å². The molecule has 0 aromatic rings. The zero-order valence-electron chi connectivity index (χ0n) is 11.1. The summed E-state index contributed by atoms with van der Waals surface area (Å²) in [4.78, 5) is 4.72. The third kappa shape index (κ3) is 5.61. The third-order valence-corrected chi connectivity index (χ3v) is 2.78. The summed E-state index contributed by atoms with van der Waals surface area (Å²) >= 11 is 0. The van der Waals surface area contributed by atoms with Gasteiger partial charge in [-0.2, -0.15) is 0 Å². The van der Waals surface area contributed by atoms with E-state index in [0.717, 1.165) is 12.5 Å². The first-order valence-corrected chi connectivity index (χ1v) is 5.61. The van der Waals surface area contributed by atoms with Crippen LogP contribution in [0.1, 0.15) is 34.1 Å². The highest BCUT2D eigenvalue weighted by atomic mass is 15.2. The van der Waals surface area contributed by atoms with Crippen LogP contribution in [0.5, 0.6) is 0 Å². The molecule has 0 aromatic heterocycles. The summed E-state index contributed by atoms with van der Waals surface area (Å²) in [5.74, 6) is 0.799. The molecule has 0 radical (unpaired) electrons. The predicted octanol–water partition coefficient (Wildman–Crippen LogP) is 2.30. The van der Waals surface area contributed by atoms with Gasteiger partial charge in [-0.3, -0.25) is 4.90 Å². The van der Waals surface area contributed by atoms with Crippen molar-refractivity contribution in [3.8, 4) is 0 Å². The third-order valence-electron chi connectivity index (χ3n) is 2.78. The van der Waals surface area contributed by atoms with E-state index in [4.69, 9.17) is 0 Å². The molecule has 14 heavy (non-hydrogen) atoms. The highest BCUT2D eigenvalue weighted by Crippen LogP contribution is 2.14. The van der Waals surface area contributed by atoms with Crippen LogP contribution in [0.25, 0.3) is 0 Å². The number of hydrogen-bond acceptors (Lipinski definition) is 2. The lowest BCUT2D eigenvalue weighted by Crippen LogP contribution is -2.48. The number of rotatable bonds is 6. The maximum Gasteiger partial charge on any atom is 0.0276 e. The molecule has 0 atom stereocenters. The molecule has 0 spiro atoms. The van der Waals surface area contributed by atoms with Crippen molar-refractivity contribution in [3.63, 3.8) is 0 Å². The molecule has 0 aliphatic carbocycles. The summed E-state index contributed by atoms with van der Waals surface area (Å²) in [6.45, 7) is 11.5. The molecule has 0 saturated carbocycles. The smallest absolute Gasteiger partial charge is 0.0276 e. The molecule has 0 bridgehead atoms. The average Bonchev–Trinajstić information content (AvgIpc) is 1.97. The molecular formula is C12H28N2. The molecule has 0 fully saturated rings. The predicted molar refractivity (Wildman–Crippen MR) is 64.7 cm³/mol. The van der Waals surface area contributed by atoms with Crippen LogP contribution >= 0.6 is 0 Å². The van der Waals surface area contributed by atoms with Gasteiger partial charge < -0.3 is 4.90 Å². The van der Waals surface area contributed by atoms with Gasteiger partial charge in [0.05, 0.1) is 0 Å². The molecule has 2 nitrogen and oxygen atoms in total. The first kappa shape index (κ1) is 13.9. The minimum Gasteiger partial charge on any atom is -0.308 e. The monoisotopic (exact) mass is 200 g/mol. The van der Waals surface area contributed by atoms with Crippen molar-refractivity contribution in [2.75, 3.05) is 34.2 Å². The minimum absolute atomic E-state index is 0.276. The van der Waals surface area contributed by atoms with Gasteiger partial charge in [-0.15, -0.1) is 0 Å². The molecular weight excluding hydrogens is 172 g/mol. The van der Waals surface area contributed by atoms with E-state index in [1.54, 1.807) is 0 Å². The van der Waals surface area contributed by atoms with E-state index < -0.39 is 0 Å². The number of nitrogens with zero attached hydrogens (tertiary/aromatic N) is 2. The van der Waals surface area contributed by atoms with Crippen molar-refractivity contribution in [2.24, 2.45) is 5.92 Å². The second kappa shape index (κ2) is 5.72. The second-order valence-corrected chi connectivity index (χ2v) is 5.65. The first-order chi connectivity index (χ1) is 6.25. The van der Waals surface area contributed by atoms with Gasteiger partial charge in [-0.1, -0.05) is 13.8 Å². The van der Waals surface area contributed by atoms with Crippen LogP contribution in [0.3, 0.4) is 0 Å². The van der Waals surface area contributed by atoms with E-state index in [1.165, 1.54) is 13.0 Å². The molecule has 0 aromatic carbocycles. The fourth-order valence-corrected chi connectivity index (χ4v) is 1.65. The molecule has 0 saturated heterocycles. The van der Waals surface area contributed by atoms with Crippen molar-refractivity contribution in [2.45, 2.75) is 39.7 Å². The fraction of sp³-hybridized carbons (Fsp3) is 1.00. The van der Waals surface area contributed by atoms with Gasteiger partial charge in [-0.05, 0) is 53.9 Å². The van der Waals surface area contributed by atoms with Crippen LogP contribution in [0.2, 0.25) is 0 Å². The molecule has 0 aliphatic heterocycles. The Labute approximate surface area is 90.3 Å². The SMILES string of the molecule is CC(C)CCN(C)C(C)(C)CN(C)C. The Morgan fingerprint density at radius 2 is 1.57 bits per heavy atom. The van der Waals surface area contributed by atoms with Gasteiger partial charge >= 0.3 is 0 Å². The van der Waals surface area contributed by atoms with Crippen molar-refractivity contribution in [3.05, 3.63) is 0 Å². The highest BCUT2D eigenvalue weighted by molar-refractivity contribution is 4.81. The summed E-state index contributed by atoms with van der Waals surface area (Å²) in [7, 11) is 6.50. The topological polar surface area (TPSA) is 6.48 Å². The van der Waals surface area contributed by atoms with Crippen LogP contribution in [-0.2, 0) is 0 Å². The zero-order chi connectivity index (χ0) is 11.4. The van der Waals surface area contributed by atoms with Crippen LogP contribution in [0.15, 0.2) is 0 Å². The Morgan fingerprint density at radius 3 is 1.93 bits per heavy atom. The van der Waals surface area contributed by atoms with Crippen LogP contribution in [-0.4, -0.2) is 49.6 Å². The van der Waals surface area contributed by atoms with Crippen molar-refractivity contribution in [1.29, 1.82) is 0 Å². The summed E-state index contributed by atoms with van der Waals surface area (Å²) in [6, 6.07) is 0. The maximum atomic E-state index is 2.47. The standard InChI is InChI=1S/C12H28N2/c1-11(2)8-9-14(7)12(3,4)10-13(5)6/h11H,8-10H2,1-7H3. The van der Waals surface area contributed by atoms with Crippen LogP contribution in [0.4, 0.5) is 0 Å². The van der Waals surface area contributed by atoms with E-state index in [1.807, 2.05) is 0 Å². The van der Waals surface area contributed by atoms with Gasteiger partial charge in [-0.25, -0.2) is 0 Å². The Balaban J connectivity index is 4.00. The number of hydrogen-bond donors (Lipinski definition) is 0. The van der Waals surface area contributed by atoms with E-state index in [9.17, 15) is 0 Å². The largest absolute Gasteiger partial charge is 0.308 e. The maximum absolute atomic E-state index is 2.47. The van der Waals surface area contributed by atoms with E-state index >= 15 is 0 Å². The molecule has 0 rings (SSSR count). The Bertz CT molecular complexity index is 150. The summed E-state index contributed by atoms with van der Waals surface area (Å²) < 4.78 is 0. The van der Waals surface area contributed by atoms with Gasteiger partial charge in [0.25, 0.3) is 0 Å². The highest BCUT2D eigenvalue weighted by Gasteiger charge is 2.23. The lowest BCUT2D eigenvalue weighted by atomic mass is 10.0. The van der Waals surface area contributed by atoms with E-state index in [-0.39, 0.29) is 5.54 Å². The Morgan fingerprint density at radius 1 is 1.07 bits per heavy atom. The summed E-state index contributed by atoms with van der Waals surface area (Å²) in [5.41, 5.74) is 0.276. The minimum atomic E-state index is 0.276. The second-order valence-electron chi connectivity index (χ2n) is 5.65. The molecule has 0 unspecified atom stereocenters. The average molecular weight is 200 g/mol. The lowest BCUT2D eigenvalue weighted by molar-refractivity contribution is 0.114. The van der Waals surface area contributed by atoms with Crippen LogP contribution in [0, 0.1) is 5.92 Å². The molecule has 0 heterocycles. The van der Waals surface area contributed by atoms with Gasteiger partial charge in [0.2, 0.25) is 0 Å². The Hall–Kier alpha value is -0.0800. The summed E-state index contributed by atoms with van der Waals surface area (Å²) in [5, 5.41) is 0. The molecule has 0 N–H and O–H groups in total. The molecule has 2 heteroatoms. The quantitative estimate of drug-likeness (QED) is 0.649. The zero-order valence-corrected chi connectivity index (χ0v) is 11.1. The normalized spacial score (nSPS) is 13.3. The molecule has 86 valence electrons. The van der Waals surface area contributed by atoms with E-state index in [0.29, 0.717) is 0 Å². The van der Waals surface area contributed by atoms with E-state index in [2.05, 4.69) is 58.6 Å². The summed E-state index contributed by atoms with van der Waals surface area (Å²) in [6.07, 6.45) is 1.29. The van der Waals surface area contributed by atoms with Gasteiger partial charge in [0.1, 0.15) is 0 Å². The lowest BCUT2D eigenvalue weighted by Gasteiger charge is -2.38. The fourth-order valence-electron chi connectivity index (χ4n) is 1.65. The molecule has 0 amide bonds. The number of likely N-dealkylation sites (N-methyl/N-ethyl adjacent to an activating group) is 2. The van der Waals surface area contributed by atoms with Crippen molar-refractivity contribution in [1.82, 2.24) is 9.80 Å².